The summed E-state index contributed by atoms with van der Waals surface area (Å²) in [5.41, 5.74) is 4.03. The minimum absolute atomic E-state index is 0.112. The van der Waals surface area contributed by atoms with Gasteiger partial charge in [-0.25, -0.2) is 9.97 Å². The first kappa shape index (κ1) is 17.2. The lowest BCUT2D eigenvalue weighted by Crippen LogP contribution is -2.37. The number of fused-ring (bicyclic) bond motifs is 1. The molecule has 0 bridgehead atoms. The summed E-state index contributed by atoms with van der Waals surface area (Å²) in [7, 11) is 1.63. The zero-order valence-corrected chi connectivity index (χ0v) is 15.3. The highest BCUT2D eigenvalue weighted by Gasteiger charge is 2.22. The molecule has 0 atom stereocenters. The highest BCUT2D eigenvalue weighted by atomic mass is 16.5. The Morgan fingerprint density at radius 2 is 2.00 bits per heavy atom. The van der Waals surface area contributed by atoms with E-state index in [1.807, 2.05) is 65.7 Å². The Labute approximate surface area is 158 Å². The highest BCUT2D eigenvalue weighted by Crippen LogP contribution is 2.22. The number of hydrogen-bond donors (Lipinski definition) is 0. The molecule has 136 valence electrons. The molecule has 1 aromatic heterocycles. The van der Waals surface area contributed by atoms with Crippen molar-refractivity contribution in [2.24, 2.45) is 0 Å². The summed E-state index contributed by atoms with van der Waals surface area (Å²) in [6.45, 7) is 1.24. The lowest BCUT2D eigenvalue weighted by Gasteiger charge is -2.28. The van der Waals surface area contributed by atoms with E-state index >= 15 is 0 Å². The van der Waals surface area contributed by atoms with Gasteiger partial charge in [0.2, 0.25) is 5.91 Å². The molecule has 3 aromatic rings. The van der Waals surface area contributed by atoms with Gasteiger partial charge in [0, 0.05) is 36.8 Å². The predicted octanol–water partition coefficient (Wildman–Crippen LogP) is 3.28. The Morgan fingerprint density at radius 3 is 2.81 bits per heavy atom. The molecule has 1 aliphatic rings. The summed E-state index contributed by atoms with van der Waals surface area (Å²) in [4.78, 5) is 23.8. The number of benzene rings is 2. The molecular weight excluding hydrogens is 338 g/mol. The summed E-state index contributed by atoms with van der Waals surface area (Å²) in [6.07, 6.45) is 2.98. The van der Waals surface area contributed by atoms with Crippen LogP contribution >= 0.6 is 0 Å². The van der Waals surface area contributed by atoms with E-state index in [-0.39, 0.29) is 5.91 Å². The van der Waals surface area contributed by atoms with Gasteiger partial charge in [-0.2, -0.15) is 0 Å². The molecule has 0 radical (unpaired) electrons. The Balaban J connectivity index is 1.47. The van der Waals surface area contributed by atoms with Crippen LogP contribution in [0.2, 0.25) is 0 Å². The maximum absolute atomic E-state index is 12.7. The first-order valence-corrected chi connectivity index (χ1v) is 9.04. The van der Waals surface area contributed by atoms with E-state index in [2.05, 4.69) is 4.98 Å². The predicted molar refractivity (Wildman–Crippen MR) is 103 cm³/mol. The number of carbonyl (C=O) groups excluding carboxylic acids is 1. The topological polar surface area (TPSA) is 55.3 Å². The van der Waals surface area contributed by atoms with E-state index in [1.165, 1.54) is 0 Å². The number of rotatable bonds is 4. The normalized spacial score (nSPS) is 13.1. The van der Waals surface area contributed by atoms with Gasteiger partial charge in [0.15, 0.2) is 5.82 Å². The first-order valence-electron chi connectivity index (χ1n) is 9.04. The van der Waals surface area contributed by atoms with E-state index in [4.69, 9.17) is 9.72 Å². The largest absolute Gasteiger partial charge is 0.497 e. The molecule has 0 spiro atoms. The molecular formula is C22H21N3O2. The second-order valence-corrected chi connectivity index (χ2v) is 6.63. The van der Waals surface area contributed by atoms with Gasteiger partial charge in [-0.15, -0.1) is 0 Å². The molecule has 0 saturated heterocycles. The zero-order valence-electron chi connectivity index (χ0n) is 15.3. The lowest BCUT2D eigenvalue weighted by molar-refractivity contribution is -0.131. The van der Waals surface area contributed by atoms with Gasteiger partial charge >= 0.3 is 0 Å². The van der Waals surface area contributed by atoms with Crippen LogP contribution in [0.25, 0.3) is 11.4 Å². The maximum atomic E-state index is 12.7. The van der Waals surface area contributed by atoms with Crippen molar-refractivity contribution in [3.63, 3.8) is 0 Å². The molecule has 0 aliphatic carbocycles. The van der Waals surface area contributed by atoms with Crippen molar-refractivity contribution in [3.8, 4) is 17.1 Å². The molecule has 0 fully saturated rings. The minimum atomic E-state index is 0.112. The van der Waals surface area contributed by atoms with E-state index in [1.54, 1.807) is 7.11 Å². The van der Waals surface area contributed by atoms with Gasteiger partial charge in [0.05, 0.1) is 19.2 Å². The van der Waals surface area contributed by atoms with E-state index in [0.29, 0.717) is 19.5 Å². The van der Waals surface area contributed by atoms with Crippen LogP contribution in [0.3, 0.4) is 0 Å². The number of carbonyl (C=O) groups is 1. The SMILES string of the molecule is COc1cccc(CC(=O)N2CCc3nc(-c4ccccc4)ncc3C2)c1. The standard InChI is InChI=1S/C22H21N3O2/c1-27-19-9-5-6-16(12-19)13-21(26)25-11-10-20-18(15-25)14-23-22(24-20)17-7-3-2-4-8-17/h2-9,12,14H,10-11,13,15H2,1H3. The van der Waals surface area contributed by atoms with Crippen LogP contribution in [0.15, 0.2) is 60.8 Å². The van der Waals surface area contributed by atoms with Gasteiger partial charge in [0.25, 0.3) is 0 Å². The van der Waals surface area contributed by atoms with Crippen LogP contribution in [0.1, 0.15) is 16.8 Å². The third-order valence-corrected chi connectivity index (χ3v) is 4.81. The zero-order chi connectivity index (χ0) is 18.6. The monoisotopic (exact) mass is 359 g/mol. The number of nitrogens with zero attached hydrogens (tertiary/aromatic N) is 3. The fraction of sp³-hybridized carbons (Fsp3) is 0.227. The van der Waals surface area contributed by atoms with E-state index in [0.717, 1.165) is 40.4 Å². The second kappa shape index (κ2) is 7.58. The van der Waals surface area contributed by atoms with Crippen molar-refractivity contribution in [2.75, 3.05) is 13.7 Å². The van der Waals surface area contributed by atoms with Crippen LogP contribution in [-0.2, 0) is 24.2 Å². The molecule has 0 N–H and O–H groups in total. The quantitative estimate of drug-likeness (QED) is 0.717. The van der Waals surface area contributed by atoms with Crippen molar-refractivity contribution in [3.05, 3.63) is 77.6 Å². The summed E-state index contributed by atoms with van der Waals surface area (Å²) in [5, 5.41) is 0. The molecule has 2 aromatic carbocycles. The lowest BCUT2D eigenvalue weighted by atomic mass is 10.0. The van der Waals surface area contributed by atoms with Crippen LogP contribution in [0.5, 0.6) is 5.75 Å². The molecule has 27 heavy (non-hydrogen) atoms. The maximum Gasteiger partial charge on any atom is 0.227 e. The fourth-order valence-corrected chi connectivity index (χ4v) is 3.32. The summed E-state index contributed by atoms with van der Waals surface area (Å²) >= 11 is 0. The molecule has 5 nitrogen and oxygen atoms in total. The van der Waals surface area contributed by atoms with Crippen LogP contribution in [0, 0.1) is 0 Å². The Kier molecular flexibility index (Phi) is 4.83. The third-order valence-electron chi connectivity index (χ3n) is 4.81. The van der Waals surface area contributed by atoms with Gasteiger partial charge < -0.3 is 9.64 Å². The highest BCUT2D eigenvalue weighted by molar-refractivity contribution is 5.79. The molecule has 1 amide bonds. The summed E-state index contributed by atoms with van der Waals surface area (Å²) in [6, 6.07) is 17.6. The smallest absolute Gasteiger partial charge is 0.227 e. The molecule has 2 heterocycles. The number of methoxy groups -OCH3 is 1. The van der Waals surface area contributed by atoms with Gasteiger partial charge in [0.1, 0.15) is 5.75 Å². The van der Waals surface area contributed by atoms with Gasteiger partial charge in [-0.1, -0.05) is 42.5 Å². The number of hydrogen-bond acceptors (Lipinski definition) is 4. The van der Waals surface area contributed by atoms with E-state index < -0.39 is 0 Å². The number of amides is 1. The molecule has 5 heteroatoms. The van der Waals surface area contributed by atoms with E-state index in [9.17, 15) is 4.79 Å². The Bertz CT molecular complexity index is 957. The minimum Gasteiger partial charge on any atom is -0.497 e. The van der Waals surface area contributed by atoms with Crippen LogP contribution in [0.4, 0.5) is 0 Å². The average molecular weight is 359 g/mol. The van der Waals surface area contributed by atoms with Gasteiger partial charge in [-0.3, -0.25) is 4.79 Å². The van der Waals surface area contributed by atoms with Gasteiger partial charge in [-0.05, 0) is 17.7 Å². The second-order valence-electron chi connectivity index (χ2n) is 6.63. The molecule has 0 saturated carbocycles. The number of ether oxygens (including phenoxy) is 1. The number of aromatic nitrogens is 2. The fourth-order valence-electron chi connectivity index (χ4n) is 3.32. The first-order chi connectivity index (χ1) is 13.2. The van der Waals surface area contributed by atoms with Crippen molar-refractivity contribution in [1.29, 1.82) is 0 Å². The molecule has 1 aliphatic heterocycles. The molecule has 4 rings (SSSR count). The van der Waals surface area contributed by atoms with Crippen molar-refractivity contribution < 1.29 is 9.53 Å². The average Bonchev–Trinajstić information content (AvgIpc) is 2.73. The van der Waals surface area contributed by atoms with Crippen molar-refractivity contribution in [1.82, 2.24) is 14.9 Å². The van der Waals surface area contributed by atoms with Crippen LogP contribution < -0.4 is 4.74 Å². The summed E-state index contributed by atoms with van der Waals surface area (Å²) < 4.78 is 5.23. The van der Waals surface area contributed by atoms with Crippen LogP contribution in [-0.4, -0.2) is 34.4 Å². The van der Waals surface area contributed by atoms with Crippen molar-refractivity contribution in [2.45, 2.75) is 19.4 Å². The third kappa shape index (κ3) is 3.82. The summed E-state index contributed by atoms with van der Waals surface area (Å²) in [5.74, 6) is 1.62. The Morgan fingerprint density at radius 1 is 1.15 bits per heavy atom. The molecule has 0 unspecified atom stereocenters. The van der Waals surface area contributed by atoms with Crippen molar-refractivity contribution >= 4 is 5.91 Å². The Hall–Kier alpha value is -3.21.